The fourth-order valence-corrected chi connectivity index (χ4v) is 4.08. The van der Waals surface area contributed by atoms with E-state index in [1.54, 1.807) is 23.4 Å². The number of hydrogen-bond donors (Lipinski definition) is 2. The first-order valence-corrected chi connectivity index (χ1v) is 10.0. The van der Waals surface area contributed by atoms with E-state index in [2.05, 4.69) is 32.7 Å². The highest BCUT2D eigenvalue weighted by molar-refractivity contribution is 6.04. The molecule has 3 aromatic rings. The van der Waals surface area contributed by atoms with Gasteiger partial charge in [0.1, 0.15) is 0 Å². The zero-order valence-electron chi connectivity index (χ0n) is 16.3. The molecule has 2 aromatic heterocycles. The van der Waals surface area contributed by atoms with Crippen LogP contribution in [0.2, 0.25) is 0 Å². The third-order valence-corrected chi connectivity index (χ3v) is 5.61. The van der Waals surface area contributed by atoms with Crippen molar-refractivity contribution < 1.29 is 9.59 Å². The number of rotatable bonds is 4. The summed E-state index contributed by atoms with van der Waals surface area (Å²) < 4.78 is 0. The van der Waals surface area contributed by atoms with Crippen LogP contribution < -0.4 is 15.5 Å². The Morgan fingerprint density at radius 2 is 2.03 bits per heavy atom. The molecule has 5 rings (SSSR count). The van der Waals surface area contributed by atoms with Gasteiger partial charge in [-0.05, 0) is 42.2 Å². The molecule has 0 spiro atoms. The second-order valence-corrected chi connectivity index (χ2v) is 7.51. The Kier molecular flexibility index (Phi) is 4.63. The summed E-state index contributed by atoms with van der Waals surface area (Å²) in [4.78, 5) is 35.9. The number of nitrogens with one attached hydrogen (secondary N) is 2. The van der Waals surface area contributed by atoms with E-state index >= 15 is 0 Å². The van der Waals surface area contributed by atoms with Gasteiger partial charge in [0.05, 0.1) is 36.1 Å². The first-order chi connectivity index (χ1) is 14.7. The first kappa shape index (κ1) is 18.3. The third-order valence-electron chi connectivity index (χ3n) is 5.61. The first-order valence-electron chi connectivity index (χ1n) is 10.0. The van der Waals surface area contributed by atoms with E-state index in [4.69, 9.17) is 0 Å². The van der Waals surface area contributed by atoms with Crippen LogP contribution in [-0.4, -0.2) is 28.3 Å². The molecule has 2 N–H and O–H groups in total. The molecule has 0 saturated heterocycles. The summed E-state index contributed by atoms with van der Waals surface area (Å²) >= 11 is 0. The van der Waals surface area contributed by atoms with Gasteiger partial charge in [-0.1, -0.05) is 30.3 Å². The summed E-state index contributed by atoms with van der Waals surface area (Å²) in [6.07, 6.45) is 5.09. The predicted octanol–water partition coefficient (Wildman–Crippen LogP) is 2.85. The van der Waals surface area contributed by atoms with Gasteiger partial charge in [0, 0.05) is 12.4 Å². The summed E-state index contributed by atoms with van der Waals surface area (Å²) in [6, 6.07) is 15.5. The molecule has 2 aliphatic rings. The molecule has 0 fully saturated rings. The van der Waals surface area contributed by atoms with Crippen LogP contribution in [0, 0.1) is 0 Å². The lowest BCUT2D eigenvalue weighted by atomic mass is 10.1. The van der Waals surface area contributed by atoms with Gasteiger partial charge in [0.15, 0.2) is 5.82 Å². The Bertz CT molecular complexity index is 1120. The number of pyridine rings is 2. The predicted molar refractivity (Wildman–Crippen MR) is 113 cm³/mol. The van der Waals surface area contributed by atoms with Crippen LogP contribution >= 0.6 is 0 Å². The van der Waals surface area contributed by atoms with Crippen molar-refractivity contribution in [2.45, 2.75) is 25.4 Å². The van der Waals surface area contributed by atoms with Gasteiger partial charge >= 0.3 is 0 Å². The minimum Gasteiger partial charge on any atom is -0.359 e. The SMILES string of the molecule is O=C(N[C@H]1CCc2ccccc21)c1cnc2c(c1)N(Cc1ccccn1)C(=O)CN2. The summed E-state index contributed by atoms with van der Waals surface area (Å²) in [5.74, 6) is 0.313. The largest absolute Gasteiger partial charge is 0.359 e. The highest BCUT2D eigenvalue weighted by atomic mass is 16.2. The third kappa shape index (κ3) is 3.39. The van der Waals surface area contributed by atoms with Crippen molar-refractivity contribution in [1.29, 1.82) is 0 Å². The molecule has 150 valence electrons. The van der Waals surface area contributed by atoms with Crippen LogP contribution in [0.3, 0.4) is 0 Å². The molecule has 7 heteroatoms. The van der Waals surface area contributed by atoms with E-state index in [1.807, 2.05) is 30.3 Å². The van der Waals surface area contributed by atoms with Gasteiger partial charge in [-0.2, -0.15) is 0 Å². The van der Waals surface area contributed by atoms with Crippen LogP contribution in [0.5, 0.6) is 0 Å². The highest BCUT2D eigenvalue weighted by Gasteiger charge is 2.28. The van der Waals surface area contributed by atoms with Crippen molar-refractivity contribution in [3.8, 4) is 0 Å². The Morgan fingerprint density at radius 3 is 2.90 bits per heavy atom. The van der Waals surface area contributed by atoms with Crippen LogP contribution in [0.4, 0.5) is 11.5 Å². The second kappa shape index (κ2) is 7.59. The van der Waals surface area contributed by atoms with E-state index in [-0.39, 0.29) is 24.4 Å². The fourth-order valence-electron chi connectivity index (χ4n) is 4.08. The highest BCUT2D eigenvalue weighted by Crippen LogP contribution is 2.32. The lowest BCUT2D eigenvalue weighted by Crippen LogP contribution is -2.40. The lowest BCUT2D eigenvalue weighted by molar-refractivity contribution is -0.117. The zero-order chi connectivity index (χ0) is 20.5. The minimum atomic E-state index is -0.192. The average molecular weight is 399 g/mol. The fraction of sp³-hybridized carbons (Fsp3) is 0.217. The summed E-state index contributed by atoms with van der Waals surface area (Å²) in [5.41, 5.74) is 4.25. The number of benzene rings is 1. The molecule has 1 aromatic carbocycles. The standard InChI is InChI=1S/C23H21N5O2/c29-21-13-26-22-20(28(21)14-17-6-3-4-10-24-17)11-16(12-25-22)23(30)27-19-9-8-15-5-1-2-7-18(15)19/h1-7,10-12,19H,8-9,13-14H2,(H,25,26)(H,27,30)/t19-/m0/s1. The molecule has 1 aliphatic heterocycles. The maximum atomic E-state index is 13.0. The van der Waals surface area contributed by atoms with Crippen LogP contribution in [0.25, 0.3) is 0 Å². The Labute approximate surface area is 174 Å². The van der Waals surface area contributed by atoms with Crippen molar-refractivity contribution in [2.24, 2.45) is 0 Å². The molecule has 0 bridgehead atoms. The summed E-state index contributed by atoms with van der Waals surface area (Å²) in [5, 5.41) is 6.14. The number of nitrogens with zero attached hydrogens (tertiary/aromatic N) is 3. The van der Waals surface area contributed by atoms with Gasteiger partial charge in [-0.15, -0.1) is 0 Å². The maximum absolute atomic E-state index is 13.0. The average Bonchev–Trinajstić information content (AvgIpc) is 3.19. The molecule has 1 atom stereocenters. The minimum absolute atomic E-state index is 0.00545. The number of aromatic nitrogens is 2. The van der Waals surface area contributed by atoms with Crippen LogP contribution in [0.1, 0.15) is 39.6 Å². The molecule has 0 saturated carbocycles. The molecular formula is C23H21N5O2. The number of hydrogen-bond acceptors (Lipinski definition) is 5. The van der Waals surface area contributed by atoms with Gasteiger partial charge in [-0.3, -0.25) is 14.6 Å². The molecule has 30 heavy (non-hydrogen) atoms. The van der Waals surface area contributed by atoms with Gasteiger partial charge in [-0.25, -0.2) is 4.98 Å². The van der Waals surface area contributed by atoms with E-state index in [9.17, 15) is 9.59 Å². The normalized spacial score (nSPS) is 17.1. The topological polar surface area (TPSA) is 87.2 Å². The number of carbonyl (C=O) groups excluding carboxylic acids is 2. The van der Waals surface area contributed by atoms with E-state index in [0.717, 1.165) is 18.5 Å². The number of anilines is 2. The lowest BCUT2D eigenvalue weighted by Gasteiger charge is -2.29. The quantitative estimate of drug-likeness (QED) is 0.704. The number of carbonyl (C=O) groups is 2. The van der Waals surface area contributed by atoms with E-state index in [0.29, 0.717) is 23.6 Å². The van der Waals surface area contributed by atoms with Crippen molar-refractivity contribution in [1.82, 2.24) is 15.3 Å². The number of aryl methyl sites for hydroxylation is 1. The molecule has 0 unspecified atom stereocenters. The number of amides is 2. The van der Waals surface area contributed by atoms with Crippen molar-refractivity contribution in [3.63, 3.8) is 0 Å². The molecule has 3 heterocycles. The second-order valence-electron chi connectivity index (χ2n) is 7.51. The smallest absolute Gasteiger partial charge is 0.253 e. The molecular weight excluding hydrogens is 378 g/mol. The number of fused-ring (bicyclic) bond motifs is 2. The van der Waals surface area contributed by atoms with E-state index in [1.165, 1.54) is 11.1 Å². The van der Waals surface area contributed by atoms with Crippen molar-refractivity contribution >= 4 is 23.3 Å². The molecule has 1 aliphatic carbocycles. The van der Waals surface area contributed by atoms with Gasteiger partial charge < -0.3 is 15.5 Å². The van der Waals surface area contributed by atoms with Crippen LogP contribution in [-0.2, 0) is 17.8 Å². The maximum Gasteiger partial charge on any atom is 0.253 e. The van der Waals surface area contributed by atoms with Crippen molar-refractivity contribution in [3.05, 3.63) is 83.3 Å². The van der Waals surface area contributed by atoms with Gasteiger partial charge in [0.25, 0.3) is 5.91 Å². The Hall–Kier alpha value is -3.74. The molecule has 2 amide bonds. The zero-order valence-corrected chi connectivity index (χ0v) is 16.3. The Morgan fingerprint density at radius 1 is 1.17 bits per heavy atom. The van der Waals surface area contributed by atoms with E-state index < -0.39 is 0 Å². The summed E-state index contributed by atoms with van der Waals surface area (Å²) in [6.45, 7) is 0.494. The van der Waals surface area contributed by atoms with Crippen LogP contribution in [0.15, 0.2) is 60.9 Å². The van der Waals surface area contributed by atoms with Crippen molar-refractivity contribution in [2.75, 3.05) is 16.8 Å². The Balaban J connectivity index is 1.40. The summed E-state index contributed by atoms with van der Waals surface area (Å²) in [7, 11) is 0. The molecule has 0 radical (unpaired) electrons. The van der Waals surface area contributed by atoms with Gasteiger partial charge in [0.2, 0.25) is 5.91 Å². The monoisotopic (exact) mass is 399 g/mol. The molecule has 7 nitrogen and oxygen atoms in total.